The van der Waals surface area contributed by atoms with Crippen LogP contribution in [0.1, 0.15) is 40.0 Å². The third kappa shape index (κ3) is 4.83. The summed E-state index contributed by atoms with van der Waals surface area (Å²) in [6.07, 6.45) is 1.93. The average Bonchev–Trinajstić information content (AvgIpc) is 2.37. The van der Waals surface area contributed by atoms with Crippen molar-refractivity contribution in [3.8, 4) is 0 Å². The van der Waals surface area contributed by atoms with E-state index in [0.29, 0.717) is 32.7 Å². The standard InChI is InChI=1S/C15H28N2O4/c1-14(2,3)21-13(18)17-7-8-20-10-12(17)9-15(19)5-4-6-16-11-15/h12,16,19H,4-11H2,1-3H3. The van der Waals surface area contributed by atoms with Crippen molar-refractivity contribution in [1.82, 2.24) is 10.2 Å². The monoisotopic (exact) mass is 300 g/mol. The minimum absolute atomic E-state index is 0.126. The van der Waals surface area contributed by atoms with Crippen molar-refractivity contribution in [3.63, 3.8) is 0 Å². The summed E-state index contributed by atoms with van der Waals surface area (Å²) in [5.74, 6) is 0. The minimum Gasteiger partial charge on any atom is -0.444 e. The highest BCUT2D eigenvalue weighted by Crippen LogP contribution is 2.26. The van der Waals surface area contributed by atoms with E-state index in [0.717, 1.165) is 19.4 Å². The molecular formula is C15H28N2O4. The van der Waals surface area contributed by atoms with Gasteiger partial charge in [0.25, 0.3) is 0 Å². The first-order valence-electron chi connectivity index (χ1n) is 7.80. The first-order valence-corrected chi connectivity index (χ1v) is 7.80. The maximum Gasteiger partial charge on any atom is 0.410 e. The fraction of sp³-hybridized carbons (Fsp3) is 0.933. The summed E-state index contributed by atoms with van der Waals surface area (Å²) < 4.78 is 11.0. The van der Waals surface area contributed by atoms with E-state index in [9.17, 15) is 9.90 Å². The van der Waals surface area contributed by atoms with E-state index in [2.05, 4.69) is 5.32 Å². The molecule has 0 aromatic carbocycles. The van der Waals surface area contributed by atoms with Crippen LogP contribution in [0.3, 0.4) is 0 Å². The number of ether oxygens (including phenoxy) is 2. The third-order valence-corrected chi connectivity index (χ3v) is 3.92. The van der Waals surface area contributed by atoms with Gasteiger partial charge in [-0.3, -0.25) is 0 Å². The quantitative estimate of drug-likeness (QED) is 0.800. The van der Waals surface area contributed by atoms with Crippen LogP contribution in [-0.2, 0) is 9.47 Å². The second-order valence-corrected chi connectivity index (χ2v) is 7.11. The van der Waals surface area contributed by atoms with Crippen LogP contribution in [0.2, 0.25) is 0 Å². The molecule has 2 aliphatic heterocycles. The molecule has 122 valence electrons. The van der Waals surface area contributed by atoms with Crippen molar-refractivity contribution in [2.24, 2.45) is 0 Å². The van der Waals surface area contributed by atoms with Gasteiger partial charge in [-0.1, -0.05) is 0 Å². The number of nitrogens with one attached hydrogen (secondary N) is 1. The van der Waals surface area contributed by atoms with Crippen LogP contribution >= 0.6 is 0 Å². The van der Waals surface area contributed by atoms with Crippen LogP contribution in [-0.4, -0.2) is 66.2 Å². The van der Waals surface area contributed by atoms with Gasteiger partial charge in [0, 0.05) is 19.5 Å². The lowest BCUT2D eigenvalue weighted by Gasteiger charge is -2.42. The van der Waals surface area contributed by atoms with Crippen molar-refractivity contribution in [2.45, 2.75) is 57.3 Å². The van der Waals surface area contributed by atoms with Crippen LogP contribution in [0, 0.1) is 0 Å². The van der Waals surface area contributed by atoms with E-state index in [1.165, 1.54) is 0 Å². The molecule has 2 fully saturated rings. The topological polar surface area (TPSA) is 71.0 Å². The molecule has 0 bridgehead atoms. The normalized spacial score (nSPS) is 31.0. The summed E-state index contributed by atoms with van der Waals surface area (Å²) >= 11 is 0. The van der Waals surface area contributed by atoms with Crippen molar-refractivity contribution < 1.29 is 19.4 Å². The second kappa shape index (κ2) is 6.50. The molecule has 0 aliphatic carbocycles. The zero-order valence-electron chi connectivity index (χ0n) is 13.4. The van der Waals surface area contributed by atoms with Crippen molar-refractivity contribution in [2.75, 3.05) is 32.8 Å². The van der Waals surface area contributed by atoms with Crippen LogP contribution in [0.15, 0.2) is 0 Å². The largest absolute Gasteiger partial charge is 0.444 e. The lowest BCUT2D eigenvalue weighted by atomic mass is 9.87. The lowest BCUT2D eigenvalue weighted by molar-refractivity contribution is -0.0677. The molecule has 2 heterocycles. The van der Waals surface area contributed by atoms with Gasteiger partial charge >= 0.3 is 6.09 Å². The molecule has 1 amide bonds. The number of piperidine rings is 1. The predicted molar refractivity (Wildman–Crippen MR) is 79.2 cm³/mol. The highest BCUT2D eigenvalue weighted by Gasteiger charge is 2.38. The fourth-order valence-corrected chi connectivity index (χ4v) is 2.95. The Bertz CT molecular complexity index is 361. The summed E-state index contributed by atoms with van der Waals surface area (Å²) in [4.78, 5) is 14.0. The van der Waals surface area contributed by atoms with E-state index < -0.39 is 11.2 Å². The molecule has 2 saturated heterocycles. The molecular weight excluding hydrogens is 272 g/mol. The zero-order valence-corrected chi connectivity index (χ0v) is 13.4. The van der Waals surface area contributed by atoms with Crippen molar-refractivity contribution in [3.05, 3.63) is 0 Å². The molecule has 2 N–H and O–H groups in total. The number of β-amino-alcohol motifs (C(OH)–C–C–N with tert-alkyl or cyclic N) is 1. The molecule has 2 aliphatic rings. The summed E-state index contributed by atoms with van der Waals surface area (Å²) in [6, 6.07) is -0.126. The fourth-order valence-electron chi connectivity index (χ4n) is 2.95. The van der Waals surface area contributed by atoms with E-state index in [-0.39, 0.29) is 12.1 Å². The van der Waals surface area contributed by atoms with Gasteiger partial charge in [-0.2, -0.15) is 0 Å². The highest BCUT2D eigenvalue weighted by atomic mass is 16.6. The number of hydrogen-bond donors (Lipinski definition) is 2. The Balaban J connectivity index is 1.99. The second-order valence-electron chi connectivity index (χ2n) is 7.11. The summed E-state index contributed by atoms with van der Waals surface area (Å²) in [6.45, 7) is 8.60. The van der Waals surface area contributed by atoms with Gasteiger partial charge in [0.15, 0.2) is 0 Å². The molecule has 0 saturated carbocycles. The van der Waals surface area contributed by atoms with Gasteiger partial charge in [-0.05, 0) is 40.2 Å². The Hall–Kier alpha value is -0.850. The van der Waals surface area contributed by atoms with Crippen LogP contribution in [0.5, 0.6) is 0 Å². The lowest BCUT2D eigenvalue weighted by Crippen LogP contribution is -2.56. The number of amides is 1. The molecule has 0 radical (unpaired) electrons. The molecule has 0 spiro atoms. The summed E-state index contributed by atoms with van der Waals surface area (Å²) in [5.41, 5.74) is -1.27. The van der Waals surface area contributed by atoms with E-state index >= 15 is 0 Å². The van der Waals surface area contributed by atoms with Crippen LogP contribution in [0.25, 0.3) is 0 Å². The van der Waals surface area contributed by atoms with Crippen molar-refractivity contribution in [1.29, 1.82) is 0 Å². The summed E-state index contributed by atoms with van der Waals surface area (Å²) in [5, 5.41) is 13.9. The molecule has 0 aromatic rings. The molecule has 21 heavy (non-hydrogen) atoms. The highest BCUT2D eigenvalue weighted by molar-refractivity contribution is 5.68. The number of morpholine rings is 1. The SMILES string of the molecule is CC(C)(C)OC(=O)N1CCOCC1CC1(O)CCCNC1. The Labute approximate surface area is 126 Å². The maximum absolute atomic E-state index is 12.3. The molecule has 0 aromatic heterocycles. The predicted octanol–water partition coefficient (Wildman–Crippen LogP) is 1.13. The van der Waals surface area contributed by atoms with Gasteiger partial charge in [-0.25, -0.2) is 4.79 Å². The van der Waals surface area contributed by atoms with E-state index in [1.54, 1.807) is 4.90 Å². The Morgan fingerprint density at radius 3 is 2.90 bits per heavy atom. The van der Waals surface area contributed by atoms with E-state index in [4.69, 9.17) is 9.47 Å². The molecule has 6 heteroatoms. The van der Waals surface area contributed by atoms with E-state index in [1.807, 2.05) is 20.8 Å². The average molecular weight is 300 g/mol. The van der Waals surface area contributed by atoms with Gasteiger partial charge < -0.3 is 24.8 Å². The van der Waals surface area contributed by atoms with Gasteiger partial charge in [0.05, 0.1) is 24.9 Å². The Morgan fingerprint density at radius 1 is 1.52 bits per heavy atom. The van der Waals surface area contributed by atoms with Gasteiger partial charge in [0.1, 0.15) is 5.60 Å². The van der Waals surface area contributed by atoms with Crippen LogP contribution < -0.4 is 5.32 Å². The number of aliphatic hydroxyl groups is 1. The number of carbonyl (C=O) groups is 1. The first-order chi connectivity index (χ1) is 9.79. The number of carbonyl (C=O) groups excluding carboxylic acids is 1. The molecule has 2 atom stereocenters. The van der Waals surface area contributed by atoms with Crippen LogP contribution in [0.4, 0.5) is 4.79 Å². The number of hydrogen-bond acceptors (Lipinski definition) is 5. The third-order valence-electron chi connectivity index (χ3n) is 3.92. The maximum atomic E-state index is 12.3. The van der Waals surface area contributed by atoms with Gasteiger partial charge in [-0.15, -0.1) is 0 Å². The van der Waals surface area contributed by atoms with Crippen molar-refractivity contribution >= 4 is 6.09 Å². The molecule has 6 nitrogen and oxygen atoms in total. The molecule has 2 unspecified atom stereocenters. The zero-order chi connectivity index (χ0) is 15.5. The molecule has 2 rings (SSSR count). The Kier molecular flexibility index (Phi) is 5.11. The number of rotatable bonds is 2. The van der Waals surface area contributed by atoms with Gasteiger partial charge in [0.2, 0.25) is 0 Å². The smallest absolute Gasteiger partial charge is 0.410 e. The Morgan fingerprint density at radius 2 is 2.29 bits per heavy atom. The number of nitrogens with zero attached hydrogens (tertiary/aromatic N) is 1. The minimum atomic E-state index is -0.760. The first kappa shape index (κ1) is 16.5. The summed E-state index contributed by atoms with van der Waals surface area (Å²) in [7, 11) is 0.